The molecule has 37 heavy (non-hydrogen) atoms. The number of aryl methyl sites for hydroxylation is 1. The number of halogens is 2. The smallest absolute Gasteiger partial charge is 0.278 e. The van der Waals surface area contributed by atoms with Crippen LogP contribution in [0.15, 0.2) is 100 Å². The number of anilines is 1. The first-order valence-electron chi connectivity index (χ1n) is 11.2. The van der Waals surface area contributed by atoms with Crippen LogP contribution in [0, 0.1) is 6.92 Å². The Morgan fingerprint density at radius 2 is 1.57 bits per heavy atom. The number of methoxy groups -OCH3 is 1. The van der Waals surface area contributed by atoms with Gasteiger partial charge in [-0.1, -0.05) is 65.7 Å². The molecule has 0 bridgehead atoms. The van der Waals surface area contributed by atoms with Crippen LogP contribution < -0.4 is 13.8 Å². The van der Waals surface area contributed by atoms with E-state index in [4.69, 9.17) is 21.1 Å². The highest BCUT2D eigenvalue weighted by atomic mass is 79.9. The molecule has 0 aromatic heterocycles. The monoisotopic (exact) mass is 599 g/mol. The molecule has 0 fully saturated rings. The zero-order chi connectivity index (χ0) is 26.6. The van der Waals surface area contributed by atoms with Gasteiger partial charge < -0.3 is 9.47 Å². The first-order chi connectivity index (χ1) is 17.7. The molecule has 0 aliphatic heterocycles. The van der Waals surface area contributed by atoms with Crippen LogP contribution in [0.3, 0.4) is 0 Å². The van der Waals surface area contributed by atoms with Crippen LogP contribution >= 0.6 is 27.5 Å². The fourth-order valence-corrected chi connectivity index (χ4v) is 5.79. The molecule has 9 heteroatoms. The van der Waals surface area contributed by atoms with E-state index in [1.807, 2.05) is 49.4 Å². The number of rotatable bonds is 8. The fourth-order valence-electron chi connectivity index (χ4n) is 3.64. The summed E-state index contributed by atoms with van der Waals surface area (Å²) in [6.07, 6.45) is 0. The third-order valence-corrected chi connectivity index (χ3v) is 8.22. The Bertz CT molecular complexity index is 1530. The number of ether oxygens (including phenoxy) is 2. The molecule has 190 valence electrons. The zero-order valence-corrected chi connectivity index (χ0v) is 23.2. The first kappa shape index (κ1) is 26.7. The largest absolute Gasteiger partial charge is 0.495 e. The minimum Gasteiger partial charge on any atom is -0.495 e. The number of carbonyl (C=O) groups excluding carboxylic acids is 1. The van der Waals surface area contributed by atoms with E-state index in [0.717, 1.165) is 16.7 Å². The molecular weight excluding hydrogens is 578 g/mol. The number of nitrogens with zero attached hydrogens (tertiary/aromatic N) is 1. The first-order valence-corrected chi connectivity index (χ1v) is 13.8. The predicted octanol–water partition coefficient (Wildman–Crippen LogP) is 6.89. The third kappa shape index (κ3) is 5.98. The van der Waals surface area contributed by atoms with Gasteiger partial charge >= 0.3 is 0 Å². The summed E-state index contributed by atoms with van der Waals surface area (Å²) in [5.74, 6) is -0.0430. The lowest BCUT2D eigenvalue weighted by Gasteiger charge is -2.23. The van der Waals surface area contributed by atoms with Gasteiger partial charge in [-0.15, -0.1) is 0 Å². The van der Waals surface area contributed by atoms with Gasteiger partial charge in [0.15, 0.2) is 6.61 Å². The van der Waals surface area contributed by atoms with Crippen molar-refractivity contribution in [3.8, 4) is 22.6 Å². The molecular formula is C28H23BrClNO5S. The summed E-state index contributed by atoms with van der Waals surface area (Å²) < 4.78 is 39.5. The molecule has 1 amide bonds. The van der Waals surface area contributed by atoms with Crippen molar-refractivity contribution in [3.05, 3.63) is 106 Å². The number of hydrogen-bond acceptors (Lipinski definition) is 5. The van der Waals surface area contributed by atoms with Crippen molar-refractivity contribution in [2.24, 2.45) is 0 Å². The van der Waals surface area contributed by atoms with Gasteiger partial charge in [-0.2, -0.15) is 4.31 Å². The third-order valence-electron chi connectivity index (χ3n) is 5.55. The maximum absolute atomic E-state index is 13.6. The van der Waals surface area contributed by atoms with Crippen LogP contribution in [0.4, 0.5) is 5.69 Å². The van der Waals surface area contributed by atoms with Crippen molar-refractivity contribution >= 4 is 49.1 Å². The SMILES string of the molecule is COc1ccc(N(C(=O)COc2ccc(-c3ccccc3)cc2Br)S(=O)(=O)c2ccc(C)cc2)cc1Cl. The maximum Gasteiger partial charge on any atom is 0.278 e. The highest BCUT2D eigenvalue weighted by molar-refractivity contribution is 9.10. The summed E-state index contributed by atoms with van der Waals surface area (Å²) in [5, 5.41) is 0.164. The van der Waals surface area contributed by atoms with E-state index in [2.05, 4.69) is 15.9 Å². The van der Waals surface area contributed by atoms with Crippen molar-refractivity contribution in [2.45, 2.75) is 11.8 Å². The molecule has 0 spiro atoms. The average molecular weight is 601 g/mol. The van der Waals surface area contributed by atoms with E-state index >= 15 is 0 Å². The normalized spacial score (nSPS) is 11.1. The molecule has 0 saturated heterocycles. The van der Waals surface area contributed by atoms with Gasteiger partial charge in [0.2, 0.25) is 0 Å². The van der Waals surface area contributed by atoms with Crippen LogP contribution in [0.5, 0.6) is 11.5 Å². The Hall–Kier alpha value is -3.33. The molecule has 0 saturated carbocycles. The number of benzene rings is 4. The standard InChI is InChI=1S/C28H23BrClNO5S/c1-19-8-12-23(13-9-19)37(33,34)31(22-11-15-27(35-2)25(30)17-22)28(32)18-36-26-14-10-21(16-24(26)29)20-6-4-3-5-7-20/h3-17H,18H2,1-2H3. The number of hydrogen-bond donors (Lipinski definition) is 0. The van der Waals surface area contributed by atoms with Gasteiger partial charge in [-0.25, -0.2) is 8.42 Å². The van der Waals surface area contributed by atoms with E-state index in [9.17, 15) is 13.2 Å². The van der Waals surface area contributed by atoms with E-state index in [-0.39, 0.29) is 15.6 Å². The Morgan fingerprint density at radius 3 is 2.19 bits per heavy atom. The highest BCUT2D eigenvalue weighted by Gasteiger charge is 2.32. The van der Waals surface area contributed by atoms with Gasteiger partial charge in [0.1, 0.15) is 11.5 Å². The lowest BCUT2D eigenvalue weighted by molar-refractivity contribution is -0.119. The summed E-state index contributed by atoms with van der Waals surface area (Å²) in [5.41, 5.74) is 2.94. The van der Waals surface area contributed by atoms with E-state index < -0.39 is 22.5 Å². The Morgan fingerprint density at radius 1 is 0.892 bits per heavy atom. The van der Waals surface area contributed by atoms with Crippen LogP contribution in [0.1, 0.15) is 5.56 Å². The number of amides is 1. The van der Waals surface area contributed by atoms with Gasteiger partial charge in [0.25, 0.3) is 15.9 Å². The van der Waals surface area contributed by atoms with Crippen molar-refractivity contribution in [1.82, 2.24) is 0 Å². The predicted molar refractivity (Wildman–Crippen MR) is 149 cm³/mol. The summed E-state index contributed by atoms with van der Waals surface area (Å²) >= 11 is 9.74. The second-order valence-corrected chi connectivity index (χ2v) is 11.1. The molecule has 4 aromatic carbocycles. The van der Waals surface area contributed by atoms with Crippen LogP contribution in [0.25, 0.3) is 11.1 Å². The minimum atomic E-state index is -4.27. The zero-order valence-electron chi connectivity index (χ0n) is 20.0. The fraction of sp³-hybridized carbons (Fsp3) is 0.107. The Kier molecular flexibility index (Phi) is 8.22. The number of carbonyl (C=O) groups is 1. The van der Waals surface area contributed by atoms with Crippen molar-refractivity contribution < 1.29 is 22.7 Å². The van der Waals surface area contributed by atoms with Gasteiger partial charge in [-0.05, 0) is 76.4 Å². The quantitative estimate of drug-likeness (QED) is 0.220. The second-order valence-electron chi connectivity index (χ2n) is 8.09. The number of sulfonamides is 1. The molecule has 0 atom stereocenters. The molecule has 0 heterocycles. The highest BCUT2D eigenvalue weighted by Crippen LogP contribution is 2.33. The molecule has 4 rings (SSSR count). The topological polar surface area (TPSA) is 72.9 Å². The van der Waals surface area contributed by atoms with E-state index in [0.29, 0.717) is 20.3 Å². The lowest BCUT2D eigenvalue weighted by atomic mass is 10.1. The maximum atomic E-state index is 13.6. The molecule has 0 N–H and O–H groups in total. The van der Waals surface area contributed by atoms with Crippen LogP contribution in [0.2, 0.25) is 5.02 Å². The van der Waals surface area contributed by atoms with Crippen molar-refractivity contribution in [2.75, 3.05) is 18.0 Å². The van der Waals surface area contributed by atoms with Gasteiger partial charge in [-0.3, -0.25) is 4.79 Å². The second kappa shape index (κ2) is 11.4. The molecule has 4 aromatic rings. The van der Waals surface area contributed by atoms with Gasteiger partial charge in [0.05, 0.1) is 27.2 Å². The molecule has 0 aliphatic rings. The molecule has 0 unspecified atom stereocenters. The Labute approximate surface area is 229 Å². The van der Waals surface area contributed by atoms with Crippen LogP contribution in [-0.2, 0) is 14.8 Å². The average Bonchev–Trinajstić information content (AvgIpc) is 2.89. The van der Waals surface area contributed by atoms with Gasteiger partial charge in [0, 0.05) is 0 Å². The van der Waals surface area contributed by atoms with E-state index in [1.54, 1.807) is 18.2 Å². The van der Waals surface area contributed by atoms with Crippen molar-refractivity contribution in [1.29, 1.82) is 0 Å². The summed E-state index contributed by atoms with van der Waals surface area (Å²) in [6, 6.07) is 25.8. The van der Waals surface area contributed by atoms with Crippen LogP contribution in [-0.4, -0.2) is 28.0 Å². The molecule has 6 nitrogen and oxygen atoms in total. The van der Waals surface area contributed by atoms with E-state index in [1.165, 1.54) is 37.4 Å². The summed E-state index contributed by atoms with van der Waals surface area (Å²) in [7, 11) is -2.83. The molecule has 0 radical (unpaired) electrons. The summed E-state index contributed by atoms with van der Waals surface area (Å²) in [4.78, 5) is 13.4. The minimum absolute atomic E-state index is 0.0354. The lowest BCUT2D eigenvalue weighted by Crippen LogP contribution is -2.40. The Balaban J connectivity index is 1.64. The molecule has 0 aliphatic carbocycles. The summed E-state index contributed by atoms with van der Waals surface area (Å²) in [6.45, 7) is 1.31. The van der Waals surface area contributed by atoms with Crippen molar-refractivity contribution in [3.63, 3.8) is 0 Å².